The number of amides is 1. The van der Waals surface area contributed by atoms with E-state index in [1.807, 2.05) is 0 Å². The van der Waals surface area contributed by atoms with E-state index < -0.39 is 42.6 Å². The number of H-pyrrole nitrogens is 1. The van der Waals surface area contributed by atoms with Gasteiger partial charge in [0.15, 0.2) is 17.4 Å². The van der Waals surface area contributed by atoms with Gasteiger partial charge in [-0.15, -0.1) is 0 Å². The van der Waals surface area contributed by atoms with Crippen molar-refractivity contribution in [3.05, 3.63) is 22.5 Å². The Labute approximate surface area is 122 Å². The summed E-state index contributed by atoms with van der Waals surface area (Å²) in [7, 11) is 0. The van der Waals surface area contributed by atoms with E-state index >= 15 is 0 Å². The molecule has 0 radical (unpaired) electrons. The molecule has 0 saturated carbocycles. The van der Waals surface area contributed by atoms with Gasteiger partial charge in [-0.1, -0.05) is 0 Å². The van der Waals surface area contributed by atoms with E-state index in [-0.39, 0.29) is 17.0 Å². The number of hydrogen-bond acceptors (Lipinski definition) is 8. The Morgan fingerprint density at radius 1 is 1.45 bits per heavy atom. The Morgan fingerprint density at radius 2 is 2.18 bits per heavy atom. The van der Waals surface area contributed by atoms with Gasteiger partial charge in [-0.05, 0) is 0 Å². The summed E-state index contributed by atoms with van der Waals surface area (Å²) in [6.07, 6.45) is -3.61. The van der Waals surface area contributed by atoms with Crippen molar-refractivity contribution in [1.82, 2.24) is 19.5 Å². The summed E-state index contributed by atoms with van der Waals surface area (Å²) in [5.41, 5.74) is 4.29. The van der Waals surface area contributed by atoms with Crippen LogP contribution in [0.4, 0.5) is 0 Å². The Bertz CT molecular complexity index is 785. The molecule has 0 aliphatic carbocycles. The number of primary amides is 1. The van der Waals surface area contributed by atoms with Crippen molar-refractivity contribution in [2.24, 2.45) is 5.73 Å². The molecule has 0 unspecified atom stereocenters. The average molecular weight is 311 g/mol. The van der Waals surface area contributed by atoms with Crippen LogP contribution in [0.1, 0.15) is 16.8 Å². The minimum Gasteiger partial charge on any atom is -0.394 e. The number of imidazole rings is 1. The fourth-order valence-electron chi connectivity index (χ4n) is 2.34. The lowest BCUT2D eigenvalue weighted by molar-refractivity contribution is -0.0511. The summed E-state index contributed by atoms with van der Waals surface area (Å²) >= 11 is 0. The summed E-state index contributed by atoms with van der Waals surface area (Å²) in [5, 5.41) is 28.9. The molecule has 11 nitrogen and oxygen atoms in total. The average Bonchev–Trinajstić information content (AvgIpc) is 3.02. The van der Waals surface area contributed by atoms with Crippen LogP contribution in [-0.4, -0.2) is 65.7 Å². The van der Waals surface area contributed by atoms with Crippen molar-refractivity contribution in [2.75, 3.05) is 6.61 Å². The normalized spacial score (nSPS) is 28.3. The number of fused-ring (bicyclic) bond motifs is 1. The van der Waals surface area contributed by atoms with Crippen LogP contribution >= 0.6 is 0 Å². The highest BCUT2D eigenvalue weighted by atomic mass is 16.6. The third kappa shape index (κ3) is 2.07. The zero-order valence-electron chi connectivity index (χ0n) is 11.1. The van der Waals surface area contributed by atoms with Gasteiger partial charge in [-0.25, -0.2) is 9.97 Å². The van der Waals surface area contributed by atoms with Crippen LogP contribution in [0.3, 0.4) is 0 Å². The lowest BCUT2D eigenvalue weighted by atomic mass is 10.1. The van der Waals surface area contributed by atoms with Crippen LogP contribution in [0, 0.1) is 0 Å². The minimum absolute atomic E-state index is 0.0348. The van der Waals surface area contributed by atoms with Crippen LogP contribution < -0.4 is 11.3 Å². The predicted octanol–water partition coefficient (Wildman–Crippen LogP) is -3.17. The second kappa shape index (κ2) is 5.14. The number of aromatic amines is 1. The van der Waals surface area contributed by atoms with Crippen molar-refractivity contribution >= 4 is 17.1 Å². The first-order valence-electron chi connectivity index (χ1n) is 6.33. The van der Waals surface area contributed by atoms with Gasteiger partial charge in [0.25, 0.3) is 11.5 Å². The molecule has 2 aromatic rings. The highest BCUT2D eigenvalue weighted by Crippen LogP contribution is 2.30. The molecule has 0 aromatic carbocycles. The molecule has 1 saturated heterocycles. The smallest absolute Gasteiger partial charge is 0.284 e. The van der Waals surface area contributed by atoms with Gasteiger partial charge in [0, 0.05) is 0 Å². The van der Waals surface area contributed by atoms with Gasteiger partial charge < -0.3 is 30.8 Å². The second-order valence-corrected chi connectivity index (χ2v) is 4.83. The first-order valence-corrected chi connectivity index (χ1v) is 6.33. The molecule has 22 heavy (non-hydrogen) atoms. The SMILES string of the molecule is NC(=O)c1nc2c(ncn2[C@@H]2O[C@H](CO)[C@@H](O)[C@H]2O)c(=O)[nH]1. The molecule has 6 N–H and O–H groups in total. The number of aliphatic hydroxyl groups is 3. The standard InChI is InChI=1S/C11H13N5O6/c12-7(20)8-14-9-4(10(21)15-8)13-2-16(9)11-6(19)5(18)3(1-17)22-11/h2-3,5-6,11,17-19H,1H2,(H2,12,20)(H,14,15,21)/t3-,5-,6-,11-/m1/s1. The Hall–Kier alpha value is -2.34. The highest BCUT2D eigenvalue weighted by molar-refractivity contribution is 5.90. The van der Waals surface area contributed by atoms with Crippen molar-refractivity contribution in [3.63, 3.8) is 0 Å². The molecule has 1 aliphatic rings. The molecule has 0 bridgehead atoms. The van der Waals surface area contributed by atoms with Crippen LogP contribution in [0.5, 0.6) is 0 Å². The number of hydrogen-bond donors (Lipinski definition) is 5. The molecule has 3 heterocycles. The number of aromatic nitrogens is 4. The largest absolute Gasteiger partial charge is 0.394 e. The fourth-order valence-corrected chi connectivity index (χ4v) is 2.34. The van der Waals surface area contributed by atoms with Crippen LogP contribution in [-0.2, 0) is 4.74 Å². The first-order chi connectivity index (χ1) is 10.4. The molecule has 0 spiro atoms. The molecule has 4 atom stereocenters. The number of rotatable bonds is 3. The summed E-state index contributed by atoms with van der Waals surface area (Å²) in [6.45, 7) is -0.498. The van der Waals surface area contributed by atoms with Crippen molar-refractivity contribution < 1.29 is 24.9 Å². The first kappa shape index (κ1) is 14.6. The van der Waals surface area contributed by atoms with Crippen LogP contribution in [0.2, 0.25) is 0 Å². The molecule has 1 amide bonds. The maximum Gasteiger partial charge on any atom is 0.284 e. The molecule has 1 aliphatic heterocycles. The molecule has 2 aromatic heterocycles. The van der Waals surface area contributed by atoms with E-state index in [2.05, 4.69) is 15.0 Å². The van der Waals surface area contributed by atoms with Gasteiger partial charge in [0.1, 0.15) is 18.3 Å². The Kier molecular flexibility index (Phi) is 3.41. The second-order valence-electron chi connectivity index (χ2n) is 4.83. The van der Waals surface area contributed by atoms with E-state index in [0.29, 0.717) is 0 Å². The van der Waals surface area contributed by atoms with E-state index in [0.717, 1.165) is 0 Å². The Balaban J connectivity index is 2.12. The van der Waals surface area contributed by atoms with Crippen molar-refractivity contribution in [1.29, 1.82) is 0 Å². The molecular formula is C11H13N5O6. The minimum atomic E-state index is -1.37. The van der Waals surface area contributed by atoms with Crippen molar-refractivity contribution in [2.45, 2.75) is 24.5 Å². The maximum atomic E-state index is 11.8. The number of nitrogens with one attached hydrogen (secondary N) is 1. The van der Waals surface area contributed by atoms with Crippen LogP contribution in [0.15, 0.2) is 11.1 Å². The maximum absolute atomic E-state index is 11.8. The lowest BCUT2D eigenvalue weighted by Crippen LogP contribution is -2.33. The van der Waals surface area contributed by atoms with E-state index in [9.17, 15) is 19.8 Å². The van der Waals surface area contributed by atoms with Crippen LogP contribution in [0.25, 0.3) is 11.2 Å². The molecular weight excluding hydrogens is 298 g/mol. The van der Waals surface area contributed by atoms with Gasteiger partial charge in [-0.3, -0.25) is 14.2 Å². The third-order valence-electron chi connectivity index (χ3n) is 3.46. The predicted molar refractivity (Wildman–Crippen MR) is 69.7 cm³/mol. The van der Waals surface area contributed by atoms with E-state index in [1.54, 1.807) is 0 Å². The number of carbonyl (C=O) groups is 1. The molecule has 118 valence electrons. The summed E-state index contributed by atoms with van der Waals surface area (Å²) in [4.78, 5) is 32.9. The highest BCUT2D eigenvalue weighted by Gasteiger charge is 2.44. The van der Waals surface area contributed by atoms with Crippen molar-refractivity contribution in [3.8, 4) is 0 Å². The van der Waals surface area contributed by atoms with Gasteiger partial charge in [-0.2, -0.15) is 0 Å². The topological polar surface area (TPSA) is 177 Å². The summed E-state index contributed by atoms with van der Waals surface area (Å²) in [5.74, 6) is -1.31. The lowest BCUT2D eigenvalue weighted by Gasteiger charge is -2.16. The summed E-state index contributed by atoms with van der Waals surface area (Å²) in [6, 6.07) is 0. The number of nitrogens with zero attached hydrogens (tertiary/aromatic N) is 3. The summed E-state index contributed by atoms with van der Waals surface area (Å²) < 4.78 is 6.53. The van der Waals surface area contributed by atoms with E-state index in [1.165, 1.54) is 10.9 Å². The monoisotopic (exact) mass is 311 g/mol. The zero-order valence-corrected chi connectivity index (χ0v) is 11.1. The quantitative estimate of drug-likeness (QED) is 0.394. The number of carbonyl (C=O) groups excluding carboxylic acids is 1. The molecule has 3 rings (SSSR count). The zero-order chi connectivity index (χ0) is 16.0. The number of ether oxygens (including phenoxy) is 1. The molecule has 1 fully saturated rings. The number of nitrogens with two attached hydrogens (primary N) is 1. The fraction of sp³-hybridized carbons (Fsp3) is 0.455. The van der Waals surface area contributed by atoms with E-state index in [4.69, 9.17) is 15.6 Å². The van der Waals surface area contributed by atoms with Gasteiger partial charge in [0.05, 0.1) is 12.9 Å². The van der Waals surface area contributed by atoms with Gasteiger partial charge >= 0.3 is 0 Å². The Morgan fingerprint density at radius 3 is 2.77 bits per heavy atom. The van der Waals surface area contributed by atoms with Gasteiger partial charge in [0.2, 0.25) is 5.82 Å². The third-order valence-corrected chi connectivity index (χ3v) is 3.46. The molecule has 11 heteroatoms. The number of aliphatic hydroxyl groups excluding tert-OH is 3.